The van der Waals surface area contributed by atoms with Gasteiger partial charge in [-0.3, -0.25) is 34.2 Å². The fraction of sp³-hybridized carbons (Fsp3) is 0.451. The Labute approximate surface area is 461 Å². The van der Waals surface area contributed by atoms with Crippen LogP contribution in [0.25, 0.3) is 0 Å². The first kappa shape index (κ1) is 61.9. The summed E-state index contributed by atoms with van der Waals surface area (Å²) in [4.78, 5) is 119. The van der Waals surface area contributed by atoms with Gasteiger partial charge in [0, 0.05) is 34.6 Å². The number of esters is 8. The van der Waals surface area contributed by atoms with Crippen molar-refractivity contribution in [2.24, 2.45) is 0 Å². The highest BCUT2D eigenvalue weighted by atomic mass is 35.6. The minimum absolute atomic E-state index is 0.00346. The molecule has 0 aromatic heterocycles. The van der Waals surface area contributed by atoms with Crippen LogP contribution in [0.1, 0.15) is 67.3 Å². The molecule has 0 saturated carbocycles. The Balaban J connectivity index is 1.72. The first-order valence-electron chi connectivity index (χ1n) is 23.5. The van der Waals surface area contributed by atoms with Crippen molar-refractivity contribution in [2.75, 3.05) is 26.9 Å². The Morgan fingerprint density at radius 1 is 0.692 bits per heavy atom. The summed E-state index contributed by atoms with van der Waals surface area (Å²) < 4.78 is 73.3. The number of nitrogens with one attached hydrogen (secondary N) is 2. The lowest BCUT2D eigenvalue weighted by molar-refractivity contribution is -0.336. The molecule has 5 rings (SSSR count). The topological polar surface area (TPSA) is 310 Å². The third kappa shape index (κ3) is 17.8. The Kier molecular flexibility index (Phi) is 22.7. The molecule has 2 aliphatic heterocycles. The second-order valence-corrected chi connectivity index (χ2v) is 19.4. The molecule has 0 spiro atoms. The maximum atomic E-state index is 14.5. The smallest absolute Gasteiger partial charge is 0.366 e. The Morgan fingerprint density at radius 3 is 1.76 bits per heavy atom. The van der Waals surface area contributed by atoms with E-state index in [1.807, 2.05) is 0 Å². The van der Waals surface area contributed by atoms with Gasteiger partial charge in [0.2, 0.25) is 12.2 Å². The summed E-state index contributed by atoms with van der Waals surface area (Å²) in [5, 5.41) is 11.1. The summed E-state index contributed by atoms with van der Waals surface area (Å²) in [5.74, 6) is -13.4. The van der Waals surface area contributed by atoms with Crippen molar-refractivity contribution in [3.05, 3.63) is 108 Å². The molecule has 1 amide bonds. The van der Waals surface area contributed by atoms with Crippen molar-refractivity contribution in [1.29, 1.82) is 5.41 Å². The van der Waals surface area contributed by atoms with Crippen LogP contribution in [0.5, 0.6) is 0 Å². The predicted molar refractivity (Wildman–Crippen MR) is 266 cm³/mol. The molecule has 2 N–H and O–H groups in total. The molecule has 0 radical (unpaired) electrons. The second kappa shape index (κ2) is 28.6. The Morgan fingerprint density at radius 2 is 1.24 bits per heavy atom. The van der Waals surface area contributed by atoms with Gasteiger partial charge in [-0.25, -0.2) is 14.4 Å². The van der Waals surface area contributed by atoms with Gasteiger partial charge in [-0.15, -0.1) is 0 Å². The minimum Gasteiger partial charge on any atom is -0.465 e. The fourth-order valence-electron chi connectivity index (χ4n) is 7.97. The van der Waals surface area contributed by atoms with Gasteiger partial charge in [0.1, 0.15) is 31.0 Å². The van der Waals surface area contributed by atoms with Crippen LogP contribution in [0.2, 0.25) is 0 Å². The summed E-state index contributed by atoms with van der Waals surface area (Å²) in [7, 11) is 0.901. The van der Waals surface area contributed by atoms with Crippen molar-refractivity contribution in [3.8, 4) is 0 Å². The molecule has 2 fully saturated rings. The van der Waals surface area contributed by atoms with Gasteiger partial charge in [-0.05, 0) is 29.8 Å². The third-order valence-electron chi connectivity index (χ3n) is 11.2. The molecule has 0 bridgehead atoms. The highest BCUT2D eigenvalue weighted by Crippen LogP contribution is 2.40. The lowest BCUT2D eigenvalue weighted by Gasteiger charge is -2.49. The van der Waals surface area contributed by atoms with Crippen LogP contribution in [0.3, 0.4) is 0 Å². The summed E-state index contributed by atoms with van der Waals surface area (Å²) in [6.45, 7) is 1.78. The highest BCUT2D eigenvalue weighted by Gasteiger charge is 2.61. The molecule has 0 unspecified atom stereocenters. The standard InChI is InChI=1S/C51H55Cl3N2O22/c1-27(57)67-24-36(72-30(4)60)40(73-31(5)61)42-39(56-38(62)26-68-28(2)58)35(71-29(3)59)22-50(78-42,49(65)66-6)70-25-37-41(75-45(63)33-18-12-8-13-19-33)43(69-23-32-16-10-7-11-17-32)44(47(74-37)77-48(55)51(52,53)54)76-46(64)34-20-14-9-15-21-34/h7-21,35-37,39-44,47,55H,22-26H2,1-6H3,(H,56,62)/t35-,36+,37+,39+,40+,41-,42+,43-,44+,47+,50+/m0/s1. The van der Waals surface area contributed by atoms with Crippen molar-refractivity contribution in [1.82, 2.24) is 5.32 Å². The molecule has 2 aliphatic rings. The van der Waals surface area contributed by atoms with Crippen LogP contribution < -0.4 is 5.32 Å². The SMILES string of the molecule is COC(=O)[C@@]1(OC[C@H]2O[C@H](OC(=N)C(Cl)(Cl)Cl)[C@H](OC(=O)c3ccccc3)[C@@H](OCc3ccccc3)[C@H]2OC(=O)c2ccccc2)C[C@H](OC(C)=O)[C@@H](NC(=O)COC(C)=O)[C@H]([C@H](OC(C)=O)[C@@H](COC(C)=O)OC(C)=O)O1. The van der Waals surface area contributed by atoms with Crippen LogP contribution in [-0.4, -0.2) is 157 Å². The van der Waals surface area contributed by atoms with E-state index in [0.717, 1.165) is 41.7 Å². The fourth-order valence-corrected chi connectivity index (χ4v) is 8.10. The molecule has 3 aromatic carbocycles. The quantitative estimate of drug-likeness (QED) is 0.0468. The lowest BCUT2D eigenvalue weighted by Crippen LogP contribution is -2.70. The monoisotopic (exact) mass is 1150 g/mol. The number of halogens is 3. The lowest BCUT2D eigenvalue weighted by atomic mass is 9.87. The summed E-state index contributed by atoms with van der Waals surface area (Å²) in [6, 6.07) is 21.9. The minimum atomic E-state index is -2.92. The van der Waals surface area contributed by atoms with Crippen molar-refractivity contribution in [2.45, 2.75) is 118 Å². The van der Waals surface area contributed by atoms with E-state index in [9.17, 15) is 43.2 Å². The van der Waals surface area contributed by atoms with Gasteiger partial charge >= 0.3 is 47.8 Å². The maximum Gasteiger partial charge on any atom is 0.366 e. The largest absolute Gasteiger partial charge is 0.465 e. The van der Waals surface area contributed by atoms with E-state index in [4.69, 9.17) is 102 Å². The summed E-state index contributed by atoms with van der Waals surface area (Å²) >= 11 is 18.3. The van der Waals surface area contributed by atoms with Gasteiger partial charge in [0.05, 0.1) is 43.9 Å². The second-order valence-electron chi connectivity index (χ2n) is 17.1. The third-order valence-corrected chi connectivity index (χ3v) is 11.7. The van der Waals surface area contributed by atoms with Crippen LogP contribution in [0.4, 0.5) is 0 Å². The summed E-state index contributed by atoms with van der Waals surface area (Å²) in [6.07, 6.45) is -17.8. The molecule has 422 valence electrons. The number of amides is 1. The average molecular weight is 1150 g/mol. The van der Waals surface area contributed by atoms with Crippen LogP contribution >= 0.6 is 34.8 Å². The number of methoxy groups -OCH3 is 1. The van der Waals surface area contributed by atoms with Gasteiger partial charge < -0.3 is 66.9 Å². The van der Waals surface area contributed by atoms with E-state index >= 15 is 0 Å². The first-order valence-corrected chi connectivity index (χ1v) is 24.7. The van der Waals surface area contributed by atoms with Gasteiger partial charge in [-0.2, -0.15) is 0 Å². The number of hydrogen-bond donors (Lipinski definition) is 2. The number of carbonyl (C=O) groups excluding carboxylic acids is 9. The van der Waals surface area contributed by atoms with E-state index < -0.39 is 157 Å². The van der Waals surface area contributed by atoms with E-state index in [2.05, 4.69) is 5.32 Å². The maximum absolute atomic E-state index is 14.5. The zero-order valence-electron chi connectivity index (χ0n) is 42.6. The highest BCUT2D eigenvalue weighted by molar-refractivity contribution is 6.76. The molecule has 27 heteroatoms. The van der Waals surface area contributed by atoms with Crippen LogP contribution in [-0.2, 0) is 102 Å². The van der Waals surface area contributed by atoms with E-state index in [0.29, 0.717) is 5.56 Å². The Hall–Kier alpha value is -6.93. The van der Waals surface area contributed by atoms with E-state index in [-0.39, 0.29) is 17.7 Å². The van der Waals surface area contributed by atoms with E-state index in [1.165, 1.54) is 24.3 Å². The normalized spacial score (nSPS) is 23.6. The predicted octanol–water partition coefficient (Wildman–Crippen LogP) is 4.19. The molecule has 3 aromatic rings. The van der Waals surface area contributed by atoms with Crippen LogP contribution in [0.15, 0.2) is 91.0 Å². The molecule has 24 nitrogen and oxygen atoms in total. The zero-order valence-corrected chi connectivity index (χ0v) is 44.9. The average Bonchev–Trinajstić information content (AvgIpc) is 3.42. The molecule has 0 aliphatic carbocycles. The number of carbonyl (C=O) groups is 9. The molecule has 78 heavy (non-hydrogen) atoms. The Bertz CT molecular complexity index is 2610. The van der Waals surface area contributed by atoms with Crippen LogP contribution in [0, 0.1) is 5.41 Å². The van der Waals surface area contributed by atoms with Crippen molar-refractivity contribution >= 4 is 94.4 Å². The number of benzene rings is 3. The number of alkyl halides is 3. The number of hydrogen-bond acceptors (Lipinski definition) is 23. The van der Waals surface area contributed by atoms with Gasteiger partial charge in [-0.1, -0.05) is 102 Å². The molecular formula is C51H55Cl3N2O22. The summed E-state index contributed by atoms with van der Waals surface area (Å²) in [5.41, 5.74) is 0.558. The number of rotatable bonds is 22. The molecule has 11 atom stereocenters. The van der Waals surface area contributed by atoms with Gasteiger partial charge in [0.15, 0.2) is 31.0 Å². The molecular weight excluding hydrogens is 1100 g/mol. The molecule has 2 saturated heterocycles. The van der Waals surface area contributed by atoms with Crippen molar-refractivity contribution in [3.63, 3.8) is 0 Å². The zero-order chi connectivity index (χ0) is 57.3. The first-order chi connectivity index (χ1) is 36.9. The van der Waals surface area contributed by atoms with Crippen molar-refractivity contribution < 1.29 is 105 Å². The number of ether oxygens (including phenoxy) is 13. The van der Waals surface area contributed by atoms with Gasteiger partial charge in [0.25, 0.3) is 15.5 Å². The molecule has 2 heterocycles. The van der Waals surface area contributed by atoms with E-state index in [1.54, 1.807) is 66.7 Å².